The minimum Gasteiger partial charge on any atom is -0.478 e. The zero-order valence-corrected chi connectivity index (χ0v) is 14.0. The molecule has 0 amide bonds. The van der Waals surface area contributed by atoms with Gasteiger partial charge < -0.3 is 9.84 Å². The van der Waals surface area contributed by atoms with Gasteiger partial charge >= 0.3 is 5.97 Å². The molecule has 1 aromatic carbocycles. The number of carboxylic acids is 1. The maximum atomic E-state index is 10.8. The van der Waals surface area contributed by atoms with Crippen molar-refractivity contribution in [2.45, 2.75) is 71.3 Å². The molecular formula is C19H30O3. The third-order valence-corrected chi connectivity index (χ3v) is 3.99. The Balaban J connectivity index is 2.10. The first-order valence-corrected chi connectivity index (χ1v) is 8.60. The molecule has 0 aliphatic carbocycles. The molecule has 0 fully saturated rings. The number of benzene rings is 1. The van der Waals surface area contributed by atoms with E-state index in [4.69, 9.17) is 9.84 Å². The van der Waals surface area contributed by atoms with E-state index >= 15 is 0 Å². The summed E-state index contributed by atoms with van der Waals surface area (Å²) in [6.07, 6.45) is 10.4. The lowest BCUT2D eigenvalue weighted by molar-refractivity contribution is 0.0625. The summed E-state index contributed by atoms with van der Waals surface area (Å²) in [4.78, 5) is 10.8. The average Bonchev–Trinajstić information content (AvgIpc) is 2.53. The lowest BCUT2D eigenvalue weighted by Crippen LogP contribution is -2.03. The molecule has 0 heterocycles. The molecular weight excluding hydrogens is 276 g/mol. The standard InChI is InChI=1S/C19H30O3/c1-3-4-5-6-7-8-9-10-15-22-16(2)17-11-13-18(14-12-17)19(20)21/h11-14,16H,3-10,15H2,1-2H3,(H,20,21). The molecule has 124 valence electrons. The van der Waals surface area contributed by atoms with Crippen LogP contribution in [0.1, 0.15) is 87.2 Å². The zero-order chi connectivity index (χ0) is 16.2. The van der Waals surface area contributed by atoms with Gasteiger partial charge in [0.15, 0.2) is 0 Å². The molecule has 1 N–H and O–H groups in total. The summed E-state index contributed by atoms with van der Waals surface area (Å²) in [6, 6.07) is 6.94. The van der Waals surface area contributed by atoms with Gasteiger partial charge in [-0.15, -0.1) is 0 Å². The lowest BCUT2D eigenvalue weighted by Gasteiger charge is -2.13. The fourth-order valence-electron chi connectivity index (χ4n) is 2.49. The van der Waals surface area contributed by atoms with Gasteiger partial charge in [0.25, 0.3) is 0 Å². The second-order valence-corrected chi connectivity index (χ2v) is 5.92. The Bertz CT molecular complexity index is 411. The second kappa shape index (κ2) is 11.2. The molecule has 22 heavy (non-hydrogen) atoms. The normalized spacial score (nSPS) is 12.3. The van der Waals surface area contributed by atoms with Crippen molar-refractivity contribution in [1.82, 2.24) is 0 Å². The molecule has 0 aliphatic heterocycles. The van der Waals surface area contributed by atoms with E-state index in [2.05, 4.69) is 6.92 Å². The van der Waals surface area contributed by atoms with E-state index in [1.165, 1.54) is 44.9 Å². The summed E-state index contributed by atoms with van der Waals surface area (Å²) < 4.78 is 5.83. The molecule has 3 nitrogen and oxygen atoms in total. The maximum absolute atomic E-state index is 10.8. The van der Waals surface area contributed by atoms with Crippen LogP contribution >= 0.6 is 0 Å². The third kappa shape index (κ3) is 7.60. The van der Waals surface area contributed by atoms with Gasteiger partial charge in [0.1, 0.15) is 0 Å². The van der Waals surface area contributed by atoms with Crippen molar-refractivity contribution in [3.05, 3.63) is 35.4 Å². The van der Waals surface area contributed by atoms with Crippen molar-refractivity contribution < 1.29 is 14.6 Å². The number of carbonyl (C=O) groups is 1. The van der Waals surface area contributed by atoms with Crippen molar-refractivity contribution >= 4 is 5.97 Å². The lowest BCUT2D eigenvalue weighted by atomic mass is 10.1. The van der Waals surface area contributed by atoms with E-state index in [-0.39, 0.29) is 6.10 Å². The number of unbranched alkanes of at least 4 members (excludes halogenated alkanes) is 7. The van der Waals surface area contributed by atoms with Crippen molar-refractivity contribution in [2.24, 2.45) is 0 Å². The molecule has 0 aliphatic rings. The number of ether oxygens (including phenoxy) is 1. The molecule has 0 radical (unpaired) electrons. The van der Waals surface area contributed by atoms with Crippen molar-refractivity contribution in [3.8, 4) is 0 Å². The van der Waals surface area contributed by atoms with Gasteiger partial charge in [-0.1, -0.05) is 64.0 Å². The summed E-state index contributed by atoms with van der Waals surface area (Å²) in [7, 11) is 0. The Morgan fingerprint density at radius 1 is 1.00 bits per heavy atom. The van der Waals surface area contributed by atoms with Gasteiger partial charge in [0.05, 0.1) is 11.7 Å². The first-order valence-electron chi connectivity index (χ1n) is 8.60. The van der Waals surface area contributed by atoms with Crippen LogP contribution < -0.4 is 0 Å². The topological polar surface area (TPSA) is 46.5 Å². The van der Waals surface area contributed by atoms with Crippen LogP contribution in [0.4, 0.5) is 0 Å². The molecule has 3 heteroatoms. The number of carboxylic acid groups (broad SMARTS) is 1. The van der Waals surface area contributed by atoms with Gasteiger partial charge in [-0.05, 0) is 31.0 Å². The molecule has 1 rings (SSSR count). The molecule has 0 aromatic heterocycles. The van der Waals surface area contributed by atoms with E-state index in [9.17, 15) is 4.79 Å². The predicted molar refractivity (Wildman–Crippen MR) is 90.4 cm³/mol. The fourth-order valence-corrected chi connectivity index (χ4v) is 2.49. The summed E-state index contributed by atoms with van der Waals surface area (Å²) in [5.74, 6) is -0.890. The summed E-state index contributed by atoms with van der Waals surface area (Å²) >= 11 is 0. The largest absolute Gasteiger partial charge is 0.478 e. The molecule has 1 aromatic rings. The Morgan fingerprint density at radius 3 is 2.09 bits per heavy atom. The predicted octanol–water partition coefficient (Wildman–Crippen LogP) is 5.60. The van der Waals surface area contributed by atoms with Crippen LogP contribution in [0.3, 0.4) is 0 Å². The second-order valence-electron chi connectivity index (χ2n) is 5.92. The Labute approximate surface area is 134 Å². The van der Waals surface area contributed by atoms with Crippen LogP contribution in [0.2, 0.25) is 0 Å². The van der Waals surface area contributed by atoms with Gasteiger partial charge in [0.2, 0.25) is 0 Å². The molecule has 0 saturated heterocycles. The van der Waals surface area contributed by atoms with E-state index in [0.29, 0.717) is 5.56 Å². The smallest absolute Gasteiger partial charge is 0.335 e. The number of aromatic carboxylic acids is 1. The van der Waals surface area contributed by atoms with Crippen LogP contribution in [-0.4, -0.2) is 17.7 Å². The minimum absolute atomic E-state index is 0.0207. The molecule has 1 atom stereocenters. The van der Waals surface area contributed by atoms with E-state index in [1.54, 1.807) is 12.1 Å². The SMILES string of the molecule is CCCCCCCCCCOC(C)c1ccc(C(=O)O)cc1. The van der Waals surface area contributed by atoms with Crippen molar-refractivity contribution in [2.75, 3.05) is 6.61 Å². The third-order valence-electron chi connectivity index (χ3n) is 3.99. The summed E-state index contributed by atoms with van der Waals surface area (Å²) in [5, 5.41) is 8.87. The van der Waals surface area contributed by atoms with E-state index in [1.807, 2.05) is 19.1 Å². The first kappa shape index (κ1) is 18.7. The van der Waals surface area contributed by atoms with E-state index < -0.39 is 5.97 Å². The fraction of sp³-hybridized carbons (Fsp3) is 0.632. The maximum Gasteiger partial charge on any atom is 0.335 e. The molecule has 1 unspecified atom stereocenters. The zero-order valence-electron chi connectivity index (χ0n) is 14.0. The van der Waals surface area contributed by atoms with Crippen LogP contribution in [0.25, 0.3) is 0 Å². The highest BCUT2D eigenvalue weighted by Crippen LogP contribution is 2.18. The quantitative estimate of drug-likeness (QED) is 0.511. The summed E-state index contributed by atoms with van der Waals surface area (Å²) in [5.41, 5.74) is 1.35. The highest BCUT2D eigenvalue weighted by molar-refractivity contribution is 5.87. The number of rotatable bonds is 12. The van der Waals surface area contributed by atoms with Crippen LogP contribution in [0.15, 0.2) is 24.3 Å². The van der Waals surface area contributed by atoms with Gasteiger partial charge in [0, 0.05) is 6.61 Å². The number of hydrogen-bond acceptors (Lipinski definition) is 2. The minimum atomic E-state index is -0.890. The van der Waals surface area contributed by atoms with Crippen molar-refractivity contribution in [1.29, 1.82) is 0 Å². The van der Waals surface area contributed by atoms with Crippen LogP contribution in [0, 0.1) is 0 Å². The van der Waals surface area contributed by atoms with Gasteiger partial charge in [-0.3, -0.25) is 0 Å². The van der Waals surface area contributed by atoms with Crippen LogP contribution in [-0.2, 0) is 4.74 Å². The highest BCUT2D eigenvalue weighted by atomic mass is 16.5. The monoisotopic (exact) mass is 306 g/mol. The molecule has 0 spiro atoms. The Hall–Kier alpha value is -1.35. The van der Waals surface area contributed by atoms with E-state index in [0.717, 1.165) is 18.6 Å². The molecule has 0 bridgehead atoms. The van der Waals surface area contributed by atoms with Gasteiger partial charge in [-0.2, -0.15) is 0 Å². The average molecular weight is 306 g/mol. The molecule has 0 saturated carbocycles. The summed E-state index contributed by atoms with van der Waals surface area (Å²) in [6.45, 7) is 5.03. The highest BCUT2D eigenvalue weighted by Gasteiger charge is 2.07. The van der Waals surface area contributed by atoms with Crippen molar-refractivity contribution in [3.63, 3.8) is 0 Å². The van der Waals surface area contributed by atoms with Gasteiger partial charge in [-0.25, -0.2) is 4.79 Å². The number of hydrogen-bond donors (Lipinski definition) is 1. The Morgan fingerprint density at radius 2 is 1.55 bits per heavy atom. The van der Waals surface area contributed by atoms with Crippen LogP contribution in [0.5, 0.6) is 0 Å². The Kier molecular flexibility index (Phi) is 9.56. The first-order chi connectivity index (χ1) is 10.6.